The Morgan fingerprint density at radius 2 is 1.02 bits per heavy atom. The fraction of sp³-hybridized carbons (Fsp3) is 0.289. The van der Waals surface area contributed by atoms with E-state index in [0.717, 1.165) is 0 Å². The van der Waals surface area contributed by atoms with Crippen LogP contribution in [0, 0.1) is 6.92 Å². The molecule has 3 heterocycles. The molecule has 0 radical (unpaired) electrons. The summed E-state index contributed by atoms with van der Waals surface area (Å²) in [5, 5.41) is 2.69. The van der Waals surface area contributed by atoms with Crippen molar-refractivity contribution in [3.63, 3.8) is 0 Å². The quantitative estimate of drug-likeness (QED) is 0.171. The van der Waals surface area contributed by atoms with E-state index in [2.05, 4.69) is 182 Å². The first-order valence-corrected chi connectivity index (χ1v) is 18.5. The summed E-state index contributed by atoms with van der Waals surface area (Å²) < 4.78 is 1.34. The molecule has 2 nitrogen and oxygen atoms in total. The fourth-order valence-corrected chi connectivity index (χ4v) is 9.10. The van der Waals surface area contributed by atoms with Gasteiger partial charge in [-0.05, 0) is 116 Å². The number of fused-ring (bicyclic) bond motifs is 6. The van der Waals surface area contributed by atoms with Gasteiger partial charge in [-0.1, -0.05) is 117 Å². The number of rotatable bonds is 2. The Balaban J connectivity index is 1.46. The molecule has 0 saturated carbocycles. The van der Waals surface area contributed by atoms with Crippen LogP contribution in [-0.2, 0) is 16.2 Å². The minimum atomic E-state index is 0.0274. The Labute approximate surface area is 297 Å². The van der Waals surface area contributed by atoms with Crippen LogP contribution in [0.15, 0.2) is 103 Å². The van der Waals surface area contributed by atoms with Crippen LogP contribution in [0.25, 0.3) is 10.1 Å². The van der Waals surface area contributed by atoms with Crippen LogP contribution >= 0.6 is 11.3 Å². The molecule has 0 spiro atoms. The largest absolute Gasteiger partial charge is 0.311 e. The van der Waals surface area contributed by atoms with Gasteiger partial charge < -0.3 is 9.80 Å². The molecule has 0 aliphatic carbocycles. The van der Waals surface area contributed by atoms with Crippen LogP contribution in [0.4, 0.5) is 33.4 Å². The first kappa shape index (κ1) is 32.0. The molecule has 0 N–H and O–H groups in total. The van der Waals surface area contributed by atoms with E-state index >= 15 is 0 Å². The number of nitrogens with zero attached hydrogens (tertiary/aromatic N) is 2. The van der Waals surface area contributed by atoms with E-state index in [1.54, 1.807) is 0 Å². The number of hydrogen-bond acceptors (Lipinski definition) is 3. The SMILES string of the molecule is Cc1cc2c3c(c1)N(c1ccc(C(C)(C)C)cc1)c1sc4ccccc4c1B3c1cc(C(C)(C)C)ccc1N2c1ccc(C(C)(C)C)cc1. The average Bonchev–Trinajstić information content (AvgIpc) is 3.42. The summed E-state index contributed by atoms with van der Waals surface area (Å²) in [7, 11) is 0. The van der Waals surface area contributed by atoms with Crippen molar-refractivity contribution < 1.29 is 0 Å². The monoisotopic (exact) mass is 658 g/mol. The maximum absolute atomic E-state index is 2.56. The van der Waals surface area contributed by atoms with E-state index in [1.807, 2.05) is 11.3 Å². The lowest BCUT2D eigenvalue weighted by Gasteiger charge is -2.44. The van der Waals surface area contributed by atoms with E-state index in [0.29, 0.717) is 0 Å². The maximum atomic E-state index is 2.56. The number of benzene rings is 5. The summed E-state index contributed by atoms with van der Waals surface area (Å²) in [6.07, 6.45) is 0. The summed E-state index contributed by atoms with van der Waals surface area (Å²) in [6, 6.07) is 39.8. The van der Waals surface area contributed by atoms with Crippen molar-refractivity contribution in [1.29, 1.82) is 0 Å². The highest BCUT2D eigenvalue weighted by Crippen LogP contribution is 2.48. The van der Waals surface area contributed by atoms with Gasteiger partial charge in [0.05, 0.1) is 5.00 Å². The van der Waals surface area contributed by atoms with Gasteiger partial charge >= 0.3 is 0 Å². The van der Waals surface area contributed by atoms with Crippen molar-refractivity contribution in [3.8, 4) is 0 Å². The topological polar surface area (TPSA) is 6.48 Å². The lowest BCUT2D eigenvalue weighted by atomic mass is 9.33. The minimum Gasteiger partial charge on any atom is -0.311 e. The van der Waals surface area contributed by atoms with Crippen LogP contribution in [0.3, 0.4) is 0 Å². The van der Waals surface area contributed by atoms with Crippen LogP contribution in [-0.4, -0.2) is 6.71 Å². The van der Waals surface area contributed by atoms with E-state index in [1.165, 1.54) is 82.2 Å². The highest BCUT2D eigenvalue weighted by atomic mass is 32.1. The molecule has 0 unspecified atom stereocenters. The lowest BCUT2D eigenvalue weighted by Crippen LogP contribution is -2.61. The van der Waals surface area contributed by atoms with E-state index < -0.39 is 0 Å². The molecule has 8 rings (SSSR count). The van der Waals surface area contributed by atoms with Crippen molar-refractivity contribution in [2.75, 3.05) is 9.80 Å². The van der Waals surface area contributed by atoms with Gasteiger partial charge in [0.1, 0.15) is 0 Å². The van der Waals surface area contributed by atoms with Gasteiger partial charge in [-0.2, -0.15) is 0 Å². The van der Waals surface area contributed by atoms with Gasteiger partial charge in [-0.3, -0.25) is 0 Å². The molecular formula is C45H47BN2S. The second kappa shape index (κ2) is 10.9. The highest BCUT2D eigenvalue weighted by molar-refractivity contribution is 7.26. The molecule has 1 aromatic heterocycles. The standard InChI is InChI=1S/C45H47BN2S/c1-28-25-37-41-38(26-28)48(33-22-17-30(18-23-33)44(5,6)7)42-40(34-13-11-12-14-39(34)49-42)46(41)35-27-31(45(8,9)10)19-24-36(35)47(37)32-20-15-29(16-21-32)43(2,3)4/h11-27H,1-10H3. The predicted octanol–water partition coefficient (Wildman–Crippen LogP) is 11.2. The Kier molecular flexibility index (Phi) is 7.08. The molecule has 4 heteroatoms. The Bertz CT molecular complexity index is 2240. The summed E-state index contributed by atoms with van der Waals surface area (Å²) >= 11 is 1.93. The molecule has 0 bridgehead atoms. The normalized spacial score (nSPS) is 14.2. The molecule has 2 aliphatic rings. The van der Waals surface area contributed by atoms with Crippen LogP contribution in [0.1, 0.15) is 84.6 Å². The van der Waals surface area contributed by atoms with E-state index in [4.69, 9.17) is 0 Å². The number of anilines is 6. The van der Waals surface area contributed by atoms with Crippen molar-refractivity contribution >= 4 is 78.0 Å². The first-order chi connectivity index (χ1) is 23.1. The molecule has 5 aromatic carbocycles. The molecule has 6 aromatic rings. The molecule has 0 atom stereocenters. The third kappa shape index (κ3) is 5.14. The molecule has 49 heavy (non-hydrogen) atoms. The Morgan fingerprint density at radius 3 is 1.59 bits per heavy atom. The molecule has 2 aliphatic heterocycles. The van der Waals surface area contributed by atoms with Crippen molar-refractivity contribution in [3.05, 3.63) is 125 Å². The zero-order valence-corrected chi connectivity index (χ0v) is 31.5. The van der Waals surface area contributed by atoms with Gasteiger partial charge in [0.2, 0.25) is 0 Å². The molecule has 0 saturated heterocycles. The Morgan fingerprint density at radius 1 is 0.510 bits per heavy atom. The van der Waals surface area contributed by atoms with E-state index in [-0.39, 0.29) is 23.0 Å². The van der Waals surface area contributed by atoms with Gasteiger partial charge in [0, 0.05) is 33.1 Å². The zero-order valence-electron chi connectivity index (χ0n) is 30.7. The summed E-state index contributed by atoms with van der Waals surface area (Å²) in [6.45, 7) is 23.1. The van der Waals surface area contributed by atoms with Crippen molar-refractivity contribution in [2.24, 2.45) is 0 Å². The number of aryl methyl sites for hydroxylation is 1. The second-order valence-corrected chi connectivity index (χ2v) is 18.3. The summed E-state index contributed by atoms with van der Waals surface area (Å²) in [4.78, 5) is 5.10. The molecule has 0 amide bonds. The second-order valence-electron chi connectivity index (χ2n) is 17.3. The number of hydrogen-bond donors (Lipinski definition) is 0. The van der Waals surface area contributed by atoms with Gasteiger partial charge in [-0.25, -0.2) is 0 Å². The predicted molar refractivity (Wildman–Crippen MR) is 217 cm³/mol. The smallest absolute Gasteiger partial charge is 0.254 e. The average molecular weight is 659 g/mol. The molecule has 0 fully saturated rings. The van der Waals surface area contributed by atoms with Crippen LogP contribution < -0.4 is 26.2 Å². The van der Waals surface area contributed by atoms with Gasteiger partial charge in [0.15, 0.2) is 0 Å². The third-order valence-corrected chi connectivity index (χ3v) is 11.8. The van der Waals surface area contributed by atoms with E-state index in [9.17, 15) is 0 Å². The van der Waals surface area contributed by atoms with Crippen molar-refractivity contribution in [2.45, 2.75) is 85.5 Å². The first-order valence-electron chi connectivity index (χ1n) is 17.7. The maximum Gasteiger partial charge on any atom is 0.254 e. The van der Waals surface area contributed by atoms with Gasteiger partial charge in [0.25, 0.3) is 6.71 Å². The fourth-order valence-electron chi connectivity index (χ4n) is 7.83. The van der Waals surface area contributed by atoms with Crippen molar-refractivity contribution in [1.82, 2.24) is 0 Å². The number of thiophene rings is 1. The molecular weight excluding hydrogens is 611 g/mol. The summed E-state index contributed by atoms with van der Waals surface area (Å²) in [5.41, 5.74) is 16.0. The van der Waals surface area contributed by atoms with Crippen LogP contribution in [0.2, 0.25) is 0 Å². The Hall–Kier alpha value is -4.28. The lowest BCUT2D eigenvalue weighted by molar-refractivity contribution is 0.590. The third-order valence-electron chi connectivity index (χ3n) is 10.6. The summed E-state index contributed by atoms with van der Waals surface area (Å²) in [5.74, 6) is 0. The zero-order chi connectivity index (χ0) is 34.6. The minimum absolute atomic E-state index is 0.0274. The highest BCUT2D eigenvalue weighted by Gasteiger charge is 2.45. The van der Waals surface area contributed by atoms with Crippen LogP contribution in [0.5, 0.6) is 0 Å². The van der Waals surface area contributed by atoms with Gasteiger partial charge in [-0.15, -0.1) is 11.3 Å². The molecule has 246 valence electrons.